The van der Waals surface area contributed by atoms with Crippen LogP contribution in [-0.2, 0) is 0 Å². The van der Waals surface area contributed by atoms with Crippen molar-refractivity contribution in [1.29, 1.82) is 0 Å². The molecule has 1 rings (SSSR count). The van der Waals surface area contributed by atoms with Gasteiger partial charge in [0.05, 0.1) is 6.10 Å². The van der Waals surface area contributed by atoms with Crippen molar-refractivity contribution in [3.05, 3.63) is 0 Å². The highest BCUT2D eigenvalue weighted by atomic mass is 16.3. The summed E-state index contributed by atoms with van der Waals surface area (Å²) in [6, 6.07) is 0. The van der Waals surface area contributed by atoms with Gasteiger partial charge in [-0.15, -0.1) is 0 Å². The van der Waals surface area contributed by atoms with Crippen LogP contribution >= 0.6 is 0 Å². The lowest BCUT2D eigenvalue weighted by Crippen LogP contribution is -2.37. The van der Waals surface area contributed by atoms with Gasteiger partial charge in [0.15, 0.2) is 0 Å². The fraction of sp³-hybridized carbons (Fsp3) is 1.00. The molecular formula is C11H23NO. The molecule has 2 nitrogen and oxygen atoms in total. The van der Waals surface area contributed by atoms with Crippen molar-refractivity contribution >= 4 is 0 Å². The molecule has 1 fully saturated rings. The Labute approximate surface area is 81.5 Å². The molecule has 0 heterocycles. The zero-order valence-corrected chi connectivity index (χ0v) is 8.87. The van der Waals surface area contributed by atoms with Crippen molar-refractivity contribution in [3.63, 3.8) is 0 Å². The Kier molecular flexibility index (Phi) is 4.20. The van der Waals surface area contributed by atoms with Crippen LogP contribution in [0, 0.1) is 17.8 Å². The normalized spacial score (nSPS) is 22.8. The predicted molar refractivity (Wildman–Crippen MR) is 55.3 cm³/mol. The molecule has 0 bridgehead atoms. The summed E-state index contributed by atoms with van der Waals surface area (Å²) in [7, 11) is 0. The Hall–Kier alpha value is -0.0800. The van der Waals surface area contributed by atoms with Crippen LogP contribution in [-0.4, -0.2) is 17.8 Å². The van der Waals surface area contributed by atoms with Crippen molar-refractivity contribution in [2.45, 2.75) is 45.6 Å². The maximum absolute atomic E-state index is 10.00. The Morgan fingerprint density at radius 1 is 1.38 bits per heavy atom. The van der Waals surface area contributed by atoms with Crippen LogP contribution in [0.25, 0.3) is 0 Å². The topological polar surface area (TPSA) is 46.2 Å². The van der Waals surface area contributed by atoms with E-state index in [2.05, 4.69) is 13.8 Å². The van der Waals surface area contributed by atoms with Gasteiger partial charge < -0.3 is 10.8 Å². The number of aliphatic hydroxyl groups excluding tert-OH is 1. The minimum atomic E-state index is -0.138. The third-order valence-electron chi connectivity index (χ3n) is 3.19. The van der Waals surface area contributed by atoms with E-state index in [1.54, 1.807) is 0 Å². The van der Waals surface area contributed by atoms with Crippen LogP contribution in [0.15, 0.2) is 0 Å². The first kappa shape index (κ1) is 11.0. The molecular weight excluding hydrogens is 162 g/mol. The average molecular weight is 185 g/mol. The first-order valence-corrected chi connectivity index (χ1v) is 5.53. The predicted octanol–water partition coefficient (Wildman–Crippen LogP) is 1.77. The first-order chi connectivity index (χ1) is 6.15. The molecule has 13 heavy (non-hydrogen) atoms. The van der Waals surface area contributed by atoms with Crippen molar-refractivity contribution in [2.75, 3.05) is 6.54 Å². The third kappa shape index (κ3) is 2.96. The van der Waals surface area contributed by atoms with E-state index in [1.807, 2.05) is 0 Å². The summed E-state index contributed by atoms with van der Waals surface area (Å²) >= 11 is 0. The minimum Gasteiger partial charge on any atom is -0.393 e. The number of aliphatic hydroxyl groups is 1. The maximum atomic E-state index is 10.00. The van der Waals surface area contributed by atoms with E-state index in [0.717, 1.165) is 6.42 Å². The Bertz CT molecular complexity index is 143. The van der Waals surface area contributed by atoms with Gasteiger partial charge in [0, 0.05) is 0 Å². The monoisotopic (exact) mass is 185 g/mol. The number of nitrogens with two attached hydrogens (primary N) is 1. The van der Waals surface area contributed by atoms with Gasteiger partial charge in [0.2, 0.25) is 0 Å². The molecule has 1 aliphatic carbocycles. The molecule has 0 amide bonds. The van der Waals surface area contributed by atoms with Crippen LogP contribution < -0.4 is 5.73 Å². The Morgan fingerprint density at radius 2 is 2.00 bits per heavy atom. The summed E-state index contributed by atoms with van der Waals surface area (Å²) in [5.41, 5.74) is 5.68. The van der Waals surface area contributed by atoms with Crippen molar-refractivity contribution in [2.24, 2.45) is 23.5 Å². The quantitative estimate of drug-likeness (QED) is 0.685. The van der Waals surface area contributed by atoms with Crippen LogP contribution in [0.1, 0.15) is 39.5 Å². The van der Waals surface area contributed by atoms with E-state index in [4.69, 9.17) is 5.73 Å². The minimum absolute atomic E-state index is 0.138. The lowest BCUT2D eigenvalue weighted by atomic mass is 9.75. The molecule has 1 saturated carbocycles. The molecule has 1 aliphatic rings. The Morgan fingerprint density at radius 3 is 2.31 bits per heavy atom. The third-order valence-corrected chi connectivity index (χ3v) is 3.19. The second-order valence-electron chi connectivity index (χ2n) is 4.81. The van der Waals surface area contributed by atoms with Gasteiger partial charge in [-0.3, -0.25) is 0 Å². The smallest absolute Gasteiger partial charge is 0.0608 e. The summed E-state index contributed by atoms with van der Waals surface area (Å²) in [5, 5.41) is 10.00. The van der Waals surface area contributed by atoms with Gasteiger partial charge in [0.1, 0.15) is 0 Å². The zero-order valence-electron chi connectivity index (χ0n) is 8.87. The van der Waals surface area contributed by atoms with Crippen LogP contribution in [0.2, 0.25) is 0 Å². The number of hydrogen-bond donors (Lipinski definition) is 2. The first-order valence-electron chi connectivity index (χ1n) is 5.53. The van der Waals surface area contributed by atoms with Gasteiger partial charge in [-0.25, -0.2) is 0 Å². The molecule has 0 aromatic rings. The van der Waals surface area contributed by atoms with E-state index in [-0.39, 0.29) is 6.10 Å². The largest absolute Gasteiger partial charge is 0.393 e. The van der Waals surface area contributed by atoms with Crippen molar-refractivity contribution in [3.8, 4) is 0 Å². The highest BCUT2D eigenvalue weighted by Gasteiger charge is 2.31. The second kappa shape index (κ2) is 4.97. The molecule has 0 saturated heterocycles. The molecule has 0 aromatic carbocycles. The summed E-state index contributed by atoms with van der Waals surface area (Å²) in [4.78, 5) is 0. The molecule has 2 heteroatoms. The van der Waals surface area contributed by atoms with Crippen LogP contribution in [0.5, 0.6) is 0 Å². The fourth-order valence-electron chi connectivity index (χ4n) is 2.15. The summed E-state index contributed by atoms with van der Waals surface area (Å²) in [6.45, 7) is 5.02. The van der Waals surface area contributed by atoms with E-state index >= 15 is 0 Å². The molecule has 2 unspecified atom stereocenters. The average Bonchev–Trinajstić information content (AvgIpc) is 1.96. The molecule has 2 atom stereocenters. The van der Waals surface area contributed by atoms with Gasteiger partial charge in [-0.2, -0.15) is 0 Å². The highest BCUT2D eigenvalue weighted by molar-refractivity contribution is 4.82. The van der Waals surface area contributed by atoms with E-state index in [0.29, 0.717) is 24.3 Å². The molecule has 78 valence electrons. The Balaban J connectivity index is 2.34. The van der Waals surface area contributed by atoms with Crippen molar-refractivity contribution < 1.29 is 5.11 Å². The molecule has 0 aliphatic heterocycles. The van der Waals surface area contributed by atoms with Gasteiger partial charge in [-0.05, 0) is 43.6 Å². The van der Waals surface area contributed by atoms with E-state index < -0.39 is 0 Å². The van der Waals surface area contributed by atoms with Gasteiger partial charge >= 0.3 is 0 Å². The summed E-state index contributed by atoms with van der Waals surface area (Å²) in [6.07, 6.45) is 4.63. The lowest BCUT2D eigenvalue weighted by molar-refractivity contribution is 0.0107. The van der Waals surface area contributed by atoms with E-state index in [9.17, 15) is 5.11 Å². The van der Waals surface area contributed by atoms with Crippen LogP contribution in [0.4, 0.5) is 0 Å². The van der Waals surface area contributed by atoms with Gasteiger partial charge in [0.25, 0.3) is 0 Å². The van der Waals surface area contributed by atoms with Crippen molar-refractivity contribution in [1.82, 2.24) is 0 Å². The maximum Gasteiger partial charge on any atom is 0.0608 e. The molecule has 0 spiro atoms. The lowest BCUT2D eigenvalue weighted by Gasteiger charge is -2.35. The molecule has 0 aromatic heterocycles. The zero-order chi connectivity index (χ0) is 9.84. The SMILES string of the molecule is CC(C)CC(CN)C(O)C1CCC1. The summed E-state index contributed by atoms with van der Waals surface area (Å²) < 4.78 is 0. The molecule has 3 N–H and O–H groups in total. The van der Waals surface area contributed by atoms with Gasteiger partial charge in [-0.1, -0.05) is 20.3 Å². The number of rotatable bonds is 5. The number of hydrogen-bond acceptors (Lipinski definition) is 2. The van der Waals surface area contributed by atoms with Crippen LogP contribution in [0.3, 0.4) is 0 Å². The standard InChI is InChI=1S/C11H23NO/c1-8(2)6-10(7-12)11(13)9-4-3-5-9/h8-11,13H,3-7,12H2,1-2H3. The second-order valence-corrected chi connectivity index (χ2v) is 4.81. The summed E-state index contributed by atoms with van der Waals surface area (Å²) in [5.74, 6) is 1.51. The molecule has 0 radical (unpaired) electrons. The highest BCUT2D eigenvalue weighted by Crippen LogP contribution is 2.34. The fourth-order valence-corrected chi connectivity index (χ4v) is 2.15. The van der Waals surface area contributed by atoms with E-state index in [1.165, 1.54) is 19.3 Å².